The van der Waals surface area contributed by atoms with Crippen molar-refractivity contribution < 1.29 is 18.7 Å². The van der Waals surface area contributed by atoms with Crippen LogP contribution in [0, 0.1) is 19.7 Å². The average Bonchev–Trinajstić information content (AvgIpc) is 3.47. The van der Waals surface area contributed by atoms with Crippen molar-refractivity contribution in [1.29, 1.82) is 0 Å². The van der Waals surface area contributed by atoms with E-state index in [1.807, 2.05) is 49.1 Å². The second-order valence-electron chi connectivity index (χ2n) is 9.80. The van der Waals surface area contributed by atoms with Gasteiger partial charge < -0.3 is 24.8 Å². The van der Waals surface area contributed by atoms with E-state index in [0.717, 1.165) is 28.3 Å². The fraction of sp³-hybridized carbons (Fsp3) is 0.226. The minimum Gasteiger partial charge on any atom is -0.465 e. The van der Waals surface area contributed by atoms with Crippen LogP contribution in [-0.2, 0) is 9.53 Å². The highest BCUT2D eigenvalue weighted by Gasteiger charge is 2.41. The zero-order valence-corrected chi connectivity index (χ0v) is 23.7. The van der Waals surface area contributed by atoms with Crippen LogP contribution in [0.4, 0.5) is 10.1 Å². The summed E-state index contributed by atoms with van der Waals surface area (Å²) in [4.78, 5) is 31.6. The number of anilines is 1. The number of nitrogens with zero attached hydrogens (tertiary/aromatic N) is 3. The van der Waals surface area contributed by atoms with E-state index < -0.39 is 11.8 Å². The predicted octanol–water partition coefficient (Wildman–Crippen LogP) is 5.42. The third kappa shape index (κ3) is 5.69. The maximum Gasteiger partial charge on any atom is 0.337 e. The Morgan fingerprint density at radius 1 is 1.07 bits per heavy atom. The summed E-state index contributed by atoms with van der Waals surface area (Å²) in [6.07, 6.45) is 1.84. The van der Waals surface area contributed by atoms with Crippen molar-refractivity contribution in [3.63, 3.8) is 0 Å². The van der Waals surface area contributed by atoms with E-state index in [2.05, 4.69) is 26.3 Å². The summed E-state index contributed by atoms with van der Waals surface area (Å²) in [7, 11) is 1.36. The van der Waals surface area contributed by atoms with Crippen LogP contribution in [0.2, 0.25) is 0 Å². The molecule has 0 aliphatic carbocycles. The molecule has 8 nitrogen and oxygen atoms in total. The van der Waals surface area contributed by atoms with Crippen molar-refractivity contribution in [1.82, 2.24) is 19.8 Å². The van der Waals surface area contributed by atoms with Gasteiger partial charge in [0.05, 0.1) is 36.1 Å². The highest BCUT2D eigenvalue weighted by Crippen LogP contribution is 2.41. The summed E-state index contributed by atoms with van der Waals surface area (Å²) in [5.74, 6) is -1.21. The highest BCUT2D eigenvalue weighted by atomic mass is 32.1. The number of aromatic nitrogens is 2. The molecular weight excluding hydrogens is 541 g/mol. The van der Waals surface area contributed by atoms with Gasteiger partial charge in [0.15, 0.2) is 5.11 Å². The first-order valence-corrected chi connectivity index (χ1v) is 13.6. The number of esters is 1. The standard InChI is InChI=1S/C31H30FN5O3S/c1-19-17-23(20(2)37(19)22-10-8-9-21(18-22)30(39)40-3)29-28(26-13-6-7-15-33-26)35-31(41)36(29)16-14-27(38)34-25-12-5-4-11-24(25)32/h4-13,15,17-18,28-29H,14,16H2,1-3H3,(H,34,38)(H,35,41)/t28-,29-/m0/s1. The molecule has 41 heavy (non-hydrogen) atoms. The topological polar surface area (TPSA) is 88.5 Å². The van der Waals surface area contributed by atoms with E-state index in [4.69, 9.17) is 17.0 Å². The SMILES string of the molecule is COC(=O)c1cccc(-n2c(C)cc([C@H]3[C@H](c4ccccn4)NC(=S)N3CCC(=O)Nc3ccccc3F)c2C)c1. The minimum absolute atomic E-state index is 0.0987. The van der Waals surface area contributed by atoms with Gasteiger partial charge in [0, 0.05) is 36.2 Å². The molecule has 4 aromatic rings. The first-order valence-electron chi connectivity index (χ1n) is 13.2. The lowest BCUT2D eigenvalue weighted by Gasteiger charge is -2.28. The van der Waals surface area contributed by atoms with Crippen LogP contribution in [0.25, 0.3) is 5.69 Å². The van der Waals surface area contributed by atoms with Crippen LogP contribution in [-0.4, -0.2) is 45.1 Å². The molecular formula is C31H30FN5O3S. The van der Waals surface area contributed by atoms with Gasteiger partial charge in [-0.25, -0.2) is 9.18 Å². The van der Waals surface area contributed by atoms with Crippen LogP contribution in [0.5, 0.6) is 0 Å². The van der Waals surface area contributed by atoms with Crippen LogP contribution in [0.3, 0.4) is 0 Å². The molecule has 0 unspecified atom stereocenters. The van der Waals surface area contributed by atoms with Crippen molar-refractivity contribution >= 4 is 34.9 Å². The Morgan fingerprint density at radius 3 is 2.59 bits per heavy atom. The number of thiocarbonyl (C=S) groups is 1. The molecule has 0 spiro atoms. The molecule has 10 heteroatoms. The lowest BCUT2D eigenvalue weighted by atomic mass is 9.96. The Labute approximate surface area is 243 Å². The largest absolute Gasteiger partial charge is 0.465 e. The fourth-order valence-corrected chi connectivity index (χ4v) is 5.69. The maximum absolute atomic E-state index is 14.1. The maximum atomic E-state index is 14.1. The lowest BCUT2D eigenvalue weighted by Crippen LogP contribution is -2.33. The van der Waals surface area contributed by atoms with E-state index in [9.17, 15) is 14.0 Å². The van der Waals surface area contributed by atoms with Gasteiger partial charge in [-0.1, -0.05) is 24.3 Å². The van der Waals surface area contributed by atoms with Gasteiger partial charge in [-0.05, 0) is 80.2 Å². The molecule has 0 bridgehead atoms. The number of carbonyl (C=O) groups is 2. The second-order valence-corrected chi connectivity index (χ2v) is 10.2. The number of hydrogen-bond acceptors (Lipinski definition) is 5. The Bertz CT molecular complexity index is 1610. The van der Waals surface area contributed by atoms with Crippen LogP contribution in [0.1, 0.15) is 51.5 Å². The summed E-state index contributed by atoms with van der Waals surface area (Å²) in [5, 5.41) is 6.57. The first-order chi connectivity index (χ1) is 19.8. The number of hydrogen-bond donors (Lipinski definition) is 2. The number of nitrogens with one attached hydrogen (secondary N) is 2. The van der Waals surface area contributed by atoms with Gasteiger partial charge in [0.2, 0.25) is 5.91 Å². The Hall–Kier alpha value is -4.57. The summed E-state index contributed by atoms with van der Waals surface area (Å²) < 4.78 is 21.1. The molecule has 1 amide bonds. The average molecular weight is 572 g/mol. The number of benzene rings is 2. The van der Waals surface area contributed by atoms with Gasteiger partial charge >= 0.3 is 5.97 Å². The fourth-order valence-electron chi connectivity index (χ4n) is 5.36. The van der Waals surface area contributed by atoms with Crippen LogP contribution in [0.15, 0.2) is 79.0 Å². The summed E-state index contributed by atoms with van der Waals surface area (Å²) in [6, 6.07) is 20.6. The van der Waals surface area contributed by atoms with Crippen molar-refractivity contribution in [2.45, 2.75) is 32.4 Å². The highest BCUT2D eigenvalue weighted by molar-refractivity contribution is 7.80. The number of carbonyl (C=O) groups excluding carboxylic acids is 2. The molecule has 1 saturated heterocycles. The molecule has 0 radical (unpaired) electrons. The molecule has 210 valence electrons. The molecule has 2 aromatic heterocycles. The molecule has 2 N–H and O–H groups in total. The smallest absolute Gasteiger partial charge is 0.337 e. The predicted molar refractivity (Wildman–Crippen MR) is 158 cm³/mol. The van der Waals surface area contributed by atoms with Gasteiger partial charge in [0.25, 0.3) is 0 Å². The third-order valence-electron chi connectivity index (χ3n) is 7.24. The van der Waals surface area contributed by atoms with Gasteiger partial charge in [0.1, 0.15) is 5.82 Å². The number of methoxy groups -OCH3 is 1. The monoisotopic (exact) mass is 571 g/mol. The zero-order valence-electron chi connectivity index (χ0n) is 22.9. The molecule has 1 fully saturated rings. The van der Waals surface area contributed by atoms with Crippen molar-refractivity contribution in [3.8, 4) is 5.69 Å². The number of rotatable bonds is 8. The molecule has 1 aliphatic heterocycles. The molecule has 5 rings (SSSR count). The second kappa shape index (κ2) is 11.9. The molecule has 2 atom stereocenters. The Kier molecular flexibility index (Phi) is 8.11. The van der Waals surface area contributed by atoms with E-state index in [0.29, 0.717) is 17.2 Å². The number of pyridine rings is 1. The minimum atomic E-state index is -0.490. The molecule has 2 aromatic carbocycles. The summed E-state index contributed by atoms with van der Waals surface area (Å²) in [6.45, 7) is 4.33. The number of para-hydroxylation sites is 1. The molecule has 0 saturated carbocycles. The van der Waals surface area contributed by atoms with Gasteiger partial charge in [-0.3, -0.25) is 9.78 Å². The van der Waals surface area contributed by atoms with Crippen molar-refractivity contribution in [2.75, 3.05) is 19.0 Å². The normalized spacial score (nSPS) is 16.4. The number of amides is 1. The number of halogens is 1. The summed E-state index contributed by atoms with van der Waals surface area (Å²) >= 11 is 5.77. The van der Waals surface area contributed by atoms with Gasteiger partial charge in [-0.15, -0.1) is 0 Å². The van der Waals surface area contributed by atoms with Crippen molar-refractivity contribution in [2.24, 2.45) is 0 Å². The first kappa shape index (κ1) is 28.0. The zero-order chi connectivity index (χ0) is 29.1. The number of aryl methyl sites for hydroxylation is 1. The van der Waals surface area contributed by atoms with Gasteiger partial charge in [-0.2, -0.15) is 0 Å². The third-order valence-corrected chi connectivity index (χ3v) is 7.59. The van der Waals surface area contributed by atoms with E-state index in [-0.39, 0.29) is 30.1 Å². The Morgan fingerprint density at radius 2 is 1.85 bits per heavy atom. The van der Waals surface area contributed by atoms with Crippen LogP contribution < -0.4 is 10.6 Å². The molecule has 1 aliphatic rings. The van der Waals surface area contributed by atoms with E-state index in [1.165, 1.54) is 19.2 Å². The van der Waals surface area contributed by atoms with E-state index in [1.54, 1.807) is 30.5 Å². The van der Waals surface area contributed by atoms with Crippen LogP contribution >= 0.6 is 12.2 Å². The van der Waals surface area contributed by atoms with Crippen molar-refractivity contribution in [3.05, 3.63) is 113 Å². The Balaban J connectivity index is 1.49. The molecule has 3 heterocycles. The number of ether oxygens (including phenoxy) is 1. The lowest BCUT2D eigenvalue weighted by molar-refractivity contribution is -0.116. The summed E-state index contributed by atoms with van der Waals surface area (Å²) in [5.41, 5.74) is 5.17. The van der Waals surface area contributed by atoms with E-state index >= 15 is 0 Å². The quantitative estimate of drug-likeness (QED) is 0.216.